The van der Waals surface area contributed by atoms with E-state index in [2.05, 4.69) is 25.5 Å². The van der Waals surface area contributed by atoms with Crippen LogP contribution in [0.5, 0.6) is 0 Å². The minimum absolute atomic E-state index is 0.664. The molecule has 0 bridgehead atoms. The third-order valence-electron chi connectivity index (χ3n) is 3.41. The molecule has 0 aliphatic carbocycles. The van der Waals surface area contributed by atoms with Gasteiger partial charge < -0.3 is 5.32 Å². The highest BCUT2D eigenvalue weighted by molar-refractivity contribution is 5.55. The van der Waals surface area contributed by atoms with Gasteiger partial charge >= 0.3 is 0 Å². The standard InChI is InChI=1S/C13H17N5/c1-2-10(9-14-4-1)8-12-13(16-7-6-15-12)11-3-5-17-18-11/h3,5-7,10,14H,1-2,4,8-9H2,(H,17,18). The van der Waals surface area contributed by atoms with E-state index in [0.29, 0.717) is 5.92 Å². The second-order valence-corrected chi connectivity index (χ2v) is 4.74. The van der Waals surface area contributed by atoms with Crippen molar-refractivity contribution in [3.8, 4) is 11.4 Å². The van der Waals surface area contributed by atoms with Gasteiger partial charge in [0.05, 0.1) is 11.4 Å². The van der Waals surface area contributed by atoms with Gasteiger partial charge in [-0.25, -0.2) is 0 Å². The van der Waals surface area contributed by atoms with Crippen LogP contribution >= 0.6 is 0 Å². The van der Waals surface area contributed by atoms with Gasteiger partial charge in [0.1, 0.15) is 5.69 Å². The number of nitrogens with one attached hydrogen (secondary N) is 2. The van der Waals surface area contributed by atoms with E-state index < -0.39 is 0 Å². The molecule has 0 aromatic carbocycles. The van der Waals surface area contributed by atoms with E-state index in [0.717, 1.165) is 36.6 Å². The van der Waals surface area contributed by atoms with E-state index in [1.54, 1.807) is 18.6 Å². The van der Waals surface area contributed by atoms with Gasteiger partial charge in [0.2, 0.25) is 0 Å². The SMILES string of the molecule is c1cc(-c2nccnc2CC2CCCNC2)[nH]n1. The first kappa shape index (κ1) is 11.3. The molecular weight excluding hydrogens is 226 g/mol. The highest BCUT2D eigenvalue weighted by Crippen LogP contribution is 2.22. The fourth-order valence-corrected chi connectivity index (χ4v) is 2.50. The van der Waals surface area contributed by atoms with Crippen molar-refractivity contribution in [1.29, 1.82) is 0 Å². The lowest BCUT2D eigenvalue weighted by atomic mass is 9.93. The minimum Gasteiger partial charge on any atom is -0.316 e. The average Bonchev–Trinajstić information content (AvgIpc) is 2.94. The molecule has 3 heterocycles. The molecule has 2 aromatic rings. The number of rotatable bonds is 3. The van der Waals surface area contributed by atoms with Crippen molar-refractivity contribution in [2.75, 3.05) is 13.1 Å². The minimum atomic E-state index is 0.664. The molecule has 1 aliphatic heterocycles. The smallest absolute Gasteiger partial charge is 0.110 e. The zero-order valence-corrected chi connectivity index (χ0v) is 10.3. The van der Waals surface area contributed by atoms with Gasteiger partial charge in [-0.15, -0.1) is 0 Å². The molecule has 1 aliphatic rings. The fraction of sp³-hybridized carbons (Fsp3) is 0.462. The molecule has 0 radical (unpaired) electrons. The number of piperidine rings is 1. The number of hydrogen-bond acceptors (Lipinski definition) is 4. The molecule has 1 atom stereocenters. The van der Waals surface area contributed by atoms with Crippen molar-refractivity contribution in [2.45, 2.75) is 19.3 Å². The molecule has 3 rings (SSSR count). The number of aromatic amines is 1. The Labute approximate surface area is 106 Å². The first-order chi connectivity index (χ1) is 8.93. The van der Waals surface area contributed by atoms with Gasteiger partial charge in [0, 0.05) is 18.6 Å². The Balaban J connectivity index is 1.83. The molecule has 18 heavy (non-hydrogen) atoms. The number of hydrogen-bond donors (Lipinski definition) is 2. The first-order valence-electron chi connectivity index (χ1n) is 6.44. The van der Waals surface area contributed by atoms with Crippen molar-refractivity contribution < 1.29 is 0 Å². The highest BCUT2D eigenvalue weighted by Gasteiger charge is 2.17. The van der Waals surface area contributed by atoms with Gasteiger partial charge in [-0.2, -0.15) is 5.10 Å². The van der Waals surface area contributed by atoms with Crippen LogP contribution in [0, 0.1) is 5.92 Å². The quantitative estimate of drug-likeness (QED) is 0.855. The third kappa shape index (κ3) is 2.41. The maximum absolute atomic E-state index is 4.49. The summed E-state index contributed by atoms with van der Waals surface area (Å²) in [5, 5.41) is 10.4. The lowest BCUT2D eigenvalue weighted by Gasteiger charge is -2.22. The molecule has 2 N–H and O–H groups in total. The lowest BCUT2D eigenvalue weighted by molar-refractivity contribution is 0.373. The molecule has 5 heteroatoms. The van der Waals surface area contributed by atoms with Crippen LogP contribution in [-0.4, -0.2) is 33.3 Å². The van der Waals surface area contributed by atoms with Crippen molar-refractivity contribution in [2.24, 2.45) is 5.92 Å². The summed E-state index contributed by atoms with van der Waals surface area (Å²) in [6.07, 6.45) is 8.76. The monoisotopic (exact) mass is 243 g/mol. The van der Waals surface area contributed by atoms with Crippen LogP contribution in [0.4, 0.5) is 0 Å². The second-order valence-electron chi connectivity index (χ2n) is 4.74. The van der Waals surface area contributed by atoms with E-state index in [1.807, 2.05) is 6.07 Å². The number of nitrogens with zero attached hydrogens (tertiary/aromatic N) is 3. The highest BCUT2D eigenvalue weighted by atomic mass is 15.1. The van der Waals surface area contributed by atoms with Gasteiger partial charge in [-0.1, -0.05) is 0 Å². The van der Waals surface area contributed by atoms with Crippen LogP contribution in [0.15, 0.2) is 24.7 Å². The van der Waals surface area contributed by atoms with E-state index in [1.165, 1.54) is 12.8 Å². The molecule has 2 aromatic heterocycles. The molecule has 94 valence electrons. The predicted molar refractivity (Wildman–Crippen MR) is 68.9 cm³/mol. The Bertz CT molecular complexity index is 488. The molecule has 0 saturated carbocycles. The number of aromatic nitrogens is 4. The summed E-state index contributed by atoms with van der Waals surface area (Å²) in [4.78, 5) is 8.92. The molecule has 5 nitrogen and oxygen atoms in total. The van der Waals surface area contributed by atoms with E-state index in [4.69, 9.17) is 0 Å². The zero-order chi connectivity index (χ0) is 12.2. The van der Waals surface area contributed by atoms with E-state index in [9.17, 15) is 0 Å². The van der Waals surface area contributed by atoms with Crippen molar-refractivity contribution in [1.82, 2.24) is 25.5 Å². The fourth-order valence-electron chi connectivity index (χ4n) is 2.50. The topological polar surface area (TPSA) is 66.5 Å². The Morgan fingerprint density at radius 1 is 1.22 bits per heavy atom. The molecule has 1 unspecified atom stereocenters. The van der Waals surface area contributed by atoms with E-state index in [-0.39, 0.29) is 0 Å². The molecule has 0 spiro atoms. The van der Waals surface area contributed by atoms with Gasteiger partial charge in [0.25, 0.3) is 0 Å². The summed E-state index contributed by atoms with van der Waals surface area (Å²) in [6.45, 7) is 2.23. The maximum Gasteiger partial charge on any atom is 0.110 e. The average molecular weight is 243 g/mol. The summed E-state index contributed by atoms with van der Waals surface area (Å²) in [6, 6.07) is 1.94. The van der Waals surface area contributed by atoms with Crippen molar-refractivity contribution >= 4 is 0 Å². The molecule has 1 saturated heterocycles. The maximum atomic E-state index is 4.49. The van der Waals surface area contributed by atoms with E-state index >= 15 is 0 Å². The predicted octanol–water partition coefficient (Wildman–Crippen LogP) is 1.41. The lowest BCUT2D eigenvalue weighted by Crippen LogP contribution is -2.31. The van der Waals surface area contributed by atoms with Crippen LogP contribution in [0.25, 0.3) is 11.4 Å². The van der Waals surface area contributed by atoms with Crippen LogP contribution in [-0.2, 0) is 6.42 Å². The normalized spacial score (nSPS) is 19.9. The summed E-state index contributed by atoms with van der Waals surface area (Å²) in [7, 11) is 0. The van der Waals surface area contributed by atoms with Crippen LogP contribution in [0.2, 0.25) is 0 Å². The Kier molecular flexibility index (Phi) is 3.32. The third-order valence-corrected chi connectivity index (χ3v) is 3.41. The number of H-pyrrole nitrogens is 1. The second kappa shape index (κ2) is 5.27. The summed E-state index contributed by atoms with van der Waals surface area (Å²) in [5.74, 6) is 0.664. The van der Waals surface area contributed by atoms with Crippen LogP contribution < -0.4 is 5.32 Å². The summed E-state index contributed by atoms with van der Waals surface area (Å²) in [5.41, 5.74) is 2.94. The van der Waals surface area contributed by atoms with Crippen molar-refractivity contribution in [3.63, 3.8) is 0 Å². The Morgan fingerprint density at radius 2 is 2.17 bits per heavy atom. The Morgan fingerprint density at radius 3 is 2.94 bits per heavy atom. The van der Waals surface area contributed by atoms with Gasteiger partial charge in [0.15, 0.2) is 0 Å². The van der Waals surface area contributed by atoms with Crippen molar-refractivity contribution in [3.05, 3.63) is 30.4 Å². The van der Waals surface area contributed by atoms with Crippen LogP contribution in [0.1, 0.15) is 18.5 Å². The van der Waals surface area contributed by atoms with Crippen LogP contribution in [0.3, 0.4) is 0 Å². The van der Waals surface area contributed by atoms with Gasteiger partial charge in [-0.05, 0) is 44.3 Å². The Hall–Kier alpha value is -1.75. The molecular formula is C13H17N5. The summed E-state index contributed by atoms with van der Waals surface area (Å²) >= 11 is 0. The largest absolute Gasteiger partial charge is 0.316 e. The van der Waals surface area contributed by atoms with Gasteiger partial charge in [-0.3, -0.25) is 15.1 Å². The first-order valence-corrected chi connectivity index (χ1v) is 6.44. The molecule has 0 amide bonds. The summed E-state index contributed by atoms with van der Waals surface area (Å²) < 4.78 is 0. The molecule has 1 fully saturated rings. The zero-order valence-electron chi connectivity index (χ0n) is 10.3.